The summed E-state index contributed by atoms with van der Waals surface area (Å²) in [5.41, 5.74) is 16.7. The number of nitrogens with zero attached hydrogens (tertiary/aromatic N) is 3. The first kappa shape index (κ1) is 29.2. The van der Waals surface area contributed by atoms with Gasteiger partial charge < -0.3 is 0 Å². The Morgan fingerprint density at radius 2 is 0.941 bits per heavy atom. The molecule has 6 aromatic carbocycles. The van der Waals surface area contributed by atoms with Crippen molar-refractivity contribution in [3.63, 3.8) is 0 Å². The molecule has 2 heterocycles. The second-order valence-electron chi connectivity index (χ2n) is 13.2. The molecule has 0 N–H and O–H groups in total. The van der Waals surface area contributed by atoms with E-state index in [-0.39, 0.29) is 0 Å². The smallest absolute Gasteiger partial charge is 0.160 e. The van der Waals surface area contributed by atoms with Gasteiger partial charge in [0.15, 0.2) is 5.82 Å². The summed E-state index contributed by atoms with van der Waals surface area (Å²) in [6.07, 6.45) is 8.25. The molecule has 0 saturated carbocycles. The van der Waals surface area contributed by atoms with Crippen LogP contribution < -0.4 is 0 Å². The van der Waals surface area contributed by atoms with E-state index in [1.54, 1.807) is 6.20 Å². The predicted octanol–water partition coefficient (Wildman–Crippen LogP) is 11.4. The van der Waals surface area contributed by atoms with Crippen LogP contribution in [-0.2, 0) is 5.41 Å². The SMILES string of the molecule is C1=Cc2ccc(-c3cc(-c4ccc(-c5cccnc5)cc4)nc(-c4ccccc4)n3)cc2C2(c3ccccc31)c1ccccc1-c1ccccc12. The fraction of sp³-hybridized carbons (Fsp3) is 0.0208. The molecule has 0 atom stereocenters. The summed E-state index contributed by atoms with van der Waals surface area (Å²) in [6, 6.07) is 58.6. The van der Waals surface area contributed by atoms with Crippen molar-refractivity contribution in [2.24, 2.45) is 0 Å². The molecule has 238 valence electrons. The highest BCUT2D eigenvalue weighted by atomic mass is 14.9. The maximum Gasteiger partial charge on any atom is 0.160 e. The Balaban J connectivity index is 1.20. The number of aromatic nitrogens is 3. The van der Waals surface area contributed by atoms with E-state index < -0.39 is 5.41 Å². The molecule has 1 spiro atoms. The van der Waals surface area contributed by atoms with Crippen molar-refractivity contribution >= 4 is 12.2 Å². The molecular weight excluding hydrogens is 619 g/mol. The molecule has 0 fully saturated rings. The van der Waals surface area contributed by atoms with Crippen LogP contribution in [0.5, 0.6) is 0 Å². The lowest BCUT2D eigenvalue weighted by Crippen LogP contribution is -2.30. The van der Waals surface area contributed by atoms with Gasteiger partial charge in [-0.25, -0.2) is 9.97 Å². The number of hydrogen-bond donors (Lipinski definition) is 0. The molecular formula is C48H31N3. The third-order valence-corrected chi connectivity index (χ3v) is 10.4. The minimum Gasteiger partial charge on any atom is -0.264 e. The van der Waals surface area contributed by atoms with Crippen molar-refractivity contribution in [2.45, 2.75) is 5.41 Å². The standard InChI is InChI=1S/C48H31N3/c1-2-12-36(13-3-1)47-50-45(35-25-20-32(21-26-35)38-14-10-28-49-31-38)30-46(51-47)37-27-24-34-23-22-33-11-4-7-17-41(33)48(44(34)29-37)42-18-8-5-15-39(42)40-16-6-9-19-43(40)48/h1-31H. The zero-order valence-corrected chi connectivity index (χ0v) is 27.7. The fourth-order valence-electron chi connectivity index (χ4n) is 8.14. The third-order valence-electron chi connectivity index (χ3n) is 10.4. The molecule has 10 rings (SSSR count). The van der Waals surface area contributed by atoms with Crippen LogP contribution in [0.1, 0.15) is 33.4 Å². The average Bonchev–Trinajstić information content (AvgIpc) is 3.42. The second kappa shape index (κ2) is 11.7. The van der Waals surface area contributed by atoms with E-state index in [0.29, 0.717) is 5.82 Å². The molecule has 0 bridgehead atoms. The highest BCUT2D eigenvalue weighted by molar-refractivity contribution is 5.92. The molecule has 2 aliphatic carbocycles. The monoisotopic (exact) mass is 649 g/mol. The Hall–Kier alpha value is -6.71. The first-order valence-electron chi connectivity index (χ1n) is 17.3. The van der Waals surface area contributed by atoms with Crippen molar-refractivity contribution in [1.82, 2.24) is 15.0 Å². The molecule has 0 amide bonds. The second-order valence-corrected chi connectivity index (χ2v) is 13.2. The lowest BCUT2D eigenvalue weighted by Gasteiger charge is -2.35. The van der Waals surface area contributed by atoms with Gasteiger partial charge in [0.2, 0.25) is 0 Å². The van der Waals surface area contributed by atoms with E-state index in [4.69, 9.17) is 9.97 Å². The van der Waals surface area contributed by atoms with Gasteiger partial charge in [0.1, 0.15) is 0 Å². The minimum atomic E-state index is -0.501. The Kier molecular flexibility index (Phi) is 6.71. The predicted molar refractivity (Wildman–Crippen MR) is 208 cm³/mol. The Labute approximate surface area is 297 Å². The summed E-state index contributed by atoms with van der Waals surface area (Å²) in [7, 11) is 0. The zero-order valence-electron chi connectivity index (χ0n) is 27.7. The van der Waals surface area contributed by atoms with Crippen molar-refractivity contribution in [3.05, 3.63) is 210 Å². The van der Waals surface area contributed by atoms with Crippen molar-refractivity contribution < 1.29 is 0 Å². The van der Waals surface area contributed by atoms with Crippen LogP contribution in [0.3, 0.4) is 0 Å². The summed E-state index contributed by atoms with van der Waals surface area (Å²) >= 11 is 0. The largest absolute Gasteiger partial charge is 0.264 e. The van der Waals surface area contributed by atoms with Crippen LogP contribution in [0.4, 0.5) is 0 Å². The third kappa shape index (κ3) is 4.63. The van der Waals surface area contributed by atoms with Crippen LogP contribution in [0, 0.1) is 0 Å². The fourth-order valence-corrected chi connectivity index (χ4v) is 8.14. The molecule has 0 saturated heterocycles. The molecule has 51 heavy (non-hydrogen) atoms. The average molecular weight is 650 g/mol. The van der Waals surface area contributed by atoms with Crippen molar-refractivity contribution in [3.8, 4) is 56.2 Å². The van der Waals surface area contributed by atoms with Gasteiger partial charge in [-0.15, -0.1) is 0 Å². The Morgan fingerprint density at radius 3 is 1.65 bits per heavy atom. The molecule has 3 nitrogen and oxygen atoms in total. The van der Waals surface area contributed by atoms with Gasteiger partial charge in [-0.2, -0.15) is 0 Å². The molecule has 0 radical (unpaired) electrons. The normalized spacial score (nSPS) is 13.2. The van der Waals surface area contributed by atoms with Crippen LogP contribution in [0.15, 0.2) is 176 Å². The number of benzene rings is 6. The maximum absolute atomic E-state index is 5.25. The summed E-state index contributed by atoms with van der Waals surface area (Å²) in [5.74, 6) is 0.700. The molecule has 3 heteroatoms. The highest BCUT2D eigenvalue weighted by Gasteiger charge is 2.48. The van der Waals surface area contributed by atoms with Gasteiger partial charge in [0, 0.05) is 29.1 Å². The van der Waals surface area contributed by atoms with Gasteiger partial charge in [0.25, 0.3) is 0 Å². The summed E-state index contributed by atoms with van der Waals surface area (Å²) in [5, 5.41) is 0. The van der Waals surface area contributed by atoms with Gasteiger partial charge in [-0.1, -0.05) is 158 Å². The molecule has 0 unspecified atom stereocenters. The Bertz CT molecular complexity index is 2580. The lowest BCUT2D eigenvalue weighted by atomic mass is 9.66. The van der Waals surface area contributed by atoms with E-state index in [1.807, 2.05) is 30.5 Å². The minimum absolute atomic E-state index is 0.501. The number of rotatable bonds is 4. The van der Waals surface area contributed by atoms with E-state index in [2.05, 4.69) is 157 Å². The van der Waals surface area contributed by atoms with E-state index in [9.17, 15) is 0 Å². The van der Waals surface area contributed by atoms with Gasteiger partial charge in [0.05, 0.1) is 16.8 Å². The lowest BCUT2D eigenvalue weighted by molar-refractivity contribution is 0.766. The molecule has 0 aliphatic heterocycles. The van der Waals surface area contributed by atoms with Crippen LogP contribution >= 0.6 is 0 Å². The van der Waals surface area contributed by atoms with Crippen LogP contribution in [0.2, 0.25) is 0 Å². The number of fused-ring (bicyclic) bond motifs is 9. The molecule has 8 aromatic rings. The summed E-state index contributed by atoms with van der Waals surface area (Å²) in [6.45, 7) is 0. The number of hydrogen-bond acceptors (Lipinski definition) is 3. The molecule has 2 aromatic heterocycles. The summed E-state index contributed by atoms with van der Waals surface area (Å²) in [4.78, 5) is 14.7. The quantitative estimate of drug-likeness (QED) is 0.190. The summed E-state index contributed by atoms with van der Waals surface area (Å²) < 4.78 is 0. The van der Waals surface area contributed by atoms with Crippen LogP contribution in [0.25, 0.3) is 68.3 Å². The first-order chi connectivity index (χ1) is 25.3. The van der Waals surface area contributed by atoms with E-state index in [0.717, 1.165) is 39.2 Å². The zero-order chi connectivity index (χ0) is 33.8. The van der Waals surface area contributed by atoms with E-state index >= 15 is 0 Å². The van der Waals surface area contributed by atoms with Crippen molar-refractivity contribution in [2.75, 3.05) is 0 Å². The topological polar surface area (TPSA) is 38.7 Å². The first-order valence-corrected chi connectivity index (χ1v) is 17.3. The Morgan fingerprint density at radius 1 is 0.373 bits per heavy atom. The van der Waals surface area contributed by atoms with Gasteiger partial charge >= 0.3 is 0 Å². The van der Waals surface area contributed by atoms with Crippen molar-refractivity contribution in [1.29, 1.82) is 0 Å². The highest BCUT2D eigenvalue weighted by Crippen LogP contribution is 2.58. The maximum atomic E-state index is 5.25. The van der Waals surface area contributed by atoms with Gasteiger partial charge in [-0.3, -0.25) is 4.98 Å². The van der Waals surface area contributed by atoms with Crippen LogP contribution in [-0.4, -0.2) is 15.0 Å². The van der Waals surface area contributed by atoms with Gasteiger partial charge in [-0.05, 0) is 73.8 Å². The molecule has 2 aliphatic rings. The number of pyridine rings is 1. The van der Waals surface area contributed by atoms with E-state index in [1.165, 1.54) is 44.5 Å².